The van der Waals surface area contributed by atoms with Crippen molar-refractivity contribution < 1.29 is 17.9 Å². The van der Waals surface area contributed by atoms with Gasteiger partial charge in [0.1, 0.15) is 11.5 Å². The lowest BCUT2D eigenvalue weighted by Crippen LogP contribution is -2.55. The van der Waals surface area contributed by atoms with Crippen molar-refractivity contribution in [1.29, 1.82) is 0 Å². The van der Waals surface area contributed by atoms with Crippen molar-refractivity contribution in [1.82, 2.24) is 4.90 Å². The summed E-state index contributed by atoms with van der Waals surface area (Å²) in [6.45, 7) is 8.76. The third-order valence-electron chi connectivity index (χ3n) is 4.48. The van der Waals surface area contributed by atoms with Crippen molar-refractivity contribution in [3.05, 3.63) is 24.3 Å². The lowest BCUT2D eigenvalue weighted by atomic mass is 9.80. The molecule has 3 N–H and O–H groups in total. The van der Waals surface area contributed by atoms with E-state index >= 15 is 0 Å². The first-order valence-electron chi connectivity index (χ1n) is 8.79. The molecule has 1 heterocycles. The van der Waals surface area contributed by atoms with Gasteiger partial charge in [0.2, 0.25) is 15.9 Å². The molecule has 1 unspecified atom stereocenters. The Hall–Kier alpha value is -1.80. The zero-order valence-electron chi connectivity index (χ0n) is 15.9. The van der Waals surface area contributed by atoms with E-state index in [1.54, 1.807) is 29.2 Å². The van der Waals surface area contributed by atoms with E-state index in [4.69, 9.17) is 10.5 Å². The molecule has 2 rings (SSSR count). The van der Waals surface area contributed by atoms with Crippen LogP contribution < -0.4 is 15.2 Å². The highest BCUT2D eigenvalue weighted by Gasteiger charge is 2.36. The minimum Gasteiger partial charge on any atom is -0.491 e. The number of carbonyl (C=O) groups excluding carboxylic acids is 1. The van der Waals surface area contributed by atoms with Crippen LogP contribution >= 0.6 is 0 Å². The second-order valence-corrected chi connectivity index (χ2v) is 9.47. The number of piperidine rings is 1. The number of benzene rings is 1. The maximum Gasteiger partial charge on any atom is 0.241 e. The lowest BCUT2D eigenvalue weighted by Gasteiger charge is -2.42. The zero-order chi connectivity index (χ0) is 19.5. The number of anilines is 1. The monoisotopic (exact) mass is 383 g/mol. The van der Waals surface area contributed by atoms with Crippen LogP contribution in [0.3, 0.4) is 0 Å². The Morgan fingerprint density at radius 1 is 1.35 bits per heavy atom. The van der Waals surface area contributed by atoms with Crippen LogP contribution in [0.4, 0.5) is 5.69 Å². The van der Waals surface area contributed by atoms with E-state index in [1.165, 1.54) is 0 Å². The van der Waals surface area contributed by atoms with Crippen molar-refractivity contribution in [3.8, 4) is 5.75 Å². The Morgan fingerprint density at radius 2 is 1.96 bits per heavy atom. The summed E-state index contributed by atoms with van der Waals surface area (Å²) in [5.41, 5.74) is 6.24. The van der Waals surface area contributed by atoms with Crippen molar-refractivity contribution in [2.45, 2.75) is 46.3 Å². The van der Waals surface area contributed by atoms with Gasteiger partial charge in [-0.3, -0.25) is 9.52 Å². The standard InChI is InChI=1S/C18H29N3O4S/c1-13(2)25-15-7-5-14(6-8-15)20-26(23,24)11-17(22)21-10-9-16(19)18(3,4)12-21/h5-8,13,16,20H,9-12,19H2,1-4H3. The summed E-state index contributed by atoms with van der Waals surface area (Å²) in [6, 6.07) is 6.61. The molecule has 1 fully saturated rings. The molecule has 1 amide bonds. The topological polar surface area (TPSA) is 102 Å². The van der Waals surface area contributed by atoms with Gasteiger partial charge in [-0.25, -0.2) is 8.42 Å². The van der Waals surface area contributed by atoms with Crippen LogP contribution in [0.1, 0.15) is 34.1 Å². The molecule has 1 aromatic rings. The van der Waals surface area contributed by atoms with Crippen LogP contribution in [0.25, 0.3) is 0 Å². The van der Waals surface area contributed by atoms with Crippen LogP contribution in [-0.2, 0) is 14.8 Å². The van der Waals surface area contributed by atoms with Gasteiger partial charge >= 0.3 is 0 Å². The van der Waals surface area contributed by atoms with Crippen LogP contribution in [0.15, 0.2) is 24.3 Å². The number of nitrogens with two attached hydrogens (primary N) is 1. The summed E-state index contributed by atoms with van der Waals surface area (Å²) in [5, 5.41) is 0. The Balaban J connectivity index is 1.96. The Kier molecular flexibility index (Phi) is 6.18. The van der Waals surface area contributed by atoms with E-state index < -0.39 is 21.7 Å². The quantitative estimate of drug-likeness (QED) is 0.780. The molecule has 8 heteroatoms. The number of sulfonamides is 1. The summed E-state index contributed by atoms with van der Waals surface area (Å²) in [5.74, 6) is -0.328. The highest BCUT2D eigenvalue weighted by Crippen LogP contribution is 2.28. The van der Waals surface area contributed by atoms with Gasteiger partial charge in [-0.1, -0.05) is 13.8 Å². The van der Waals surface area contributed by atoms with Crippen LogP contribution in [0.2, 0.25) is 0 Å². The SMILES string of the molecule is CC(C)Oc1ccc(NS(=O)(=O)CC(=O)N2CCC(N)C(C)(C)C2)cc1. The van der Waals surface area contributed by atoms with Crippen LogP contribution in [0, 0.1) is 5.41 Å². The number of hydrogen-bond acceptors (Lipinski definition) is 5. The van der Waals surface area contributed by atoms with Crippen molar-refractivity contribution in [2.24, 2.45) is 11.1 Å². The van der Waals surface area contributed by atoms with Gasteiger partial charge in [0.25, 0.3) is 0 Å². The molecule has 0 radical (unpaired) electrons. The van der Waals surface area contributed by atoms with E-state index in [0.717, 1.165) is 0 Å². The first-order chi connectivity index (χ1) is 12.0. The third kappa shape index (κ3) is 5.60. The average molecular weight is 384 g/mol. The molecule has 7 nitrogen and oxygen atoms in total. The van der Waals surface area contributed by atoms with E-state index in [2.05, 4.69) is 4.72 Å². The maximum atomic E-state index is 12.4. The number of carbonyl (C=O) groups is 1. The Labute approximate surface area is 155 Å². The Bertz CT molecular complexity index is 729. The average Bonchev–Trinajstić information content (AvgIpc) is 2.50. The van der Waals surface area contributed by atoms with Gasteiger partial charge in [-0.2, -0.15) is 0 Å². The molecule has 146 valence electrons. The van der Waals surface area contributed by atoms with Gasteiger partial charge in [0, 0.05) is 24.8 Å². The van der Waals surface area contributed by atoms with Crippen molar-refractivity contribution in [3.63, 3.8) is 0 Å². The number of hydrogen-bond donors (Lipinski definition) is 2. The normalized spacial score (nSPS) is 20.1. The molecule has 1 atom stereocenters. The smallest absolute Gasteiger partial charge is 0.241 e. The summed E-state index contributed by atoms with van der Waals surface area (Å²) in [7, 11) is -3.78. The molecular formula is C18H29N3O4S. The van der Waals surface area contributed by atoms with E-state index in [1.807, 2.05) is 27.7 Å². The highest BCUT2D eigenvalue weighted by molar-refractivity contribution is 7.93. The predicted octanol–water partition coefficient (Wildman–Crippen LogP) is 1.80. The van der Waals surface area contributed by atoms with Gasteiger partial charge < -0.3 is 15.4 Å². The molecule has 1 aliphatic rings. The van der Waals surface area contributed by atoms with Crippen molar-refractivity contribution in [2.75, 3.05) is 23.6 Å². The molecule has 26 heavy (non-hydrogen) atoms. The molecule has 1 aromatic carbocycles. The highest BCUT2D eigenvalue weighted by atomic mass is 32.2. The second-order valence-electron chi connectivity index (χ2n) is 7.75. The van der Waals surface area contributed by atoms with Gasteiger partial charge in [0.15, 0.2) is 0 Å². The summed E-state index contributed by atoms with van der Waals surface area (Å²) in [6.07, 6.45) is 0.709. The predicted molar refractivity (Wildman–Crippen MR) is 103 cm³/mol. The Morgan fingerprint density at radius 3 is 2.50 bits per heavy atom. The number of likely N-dealkylation sites (tertiary alicyclic amines) is 1. The fourth-order valence-corrected chi connectivity index (χ4v) is 4.01. The van der Waals surface area contributed by atoms with Gasteiger partial charge in [-0.05, 0) is 49.9 Å². The van der Waals surface area contributed by atoms with E-state index in [-0.39, 0.29) is 17.6 Å². The second kappa shape index (κ2) is 7.84. The van der Waals surface area contributed by atoms with Gasteiger partial charge in [0.05, 0.1) is 6.10 Å². The molecule has 0 aromatic heterocycles. The first kappa shape index (κ1) is 20.5. The molecule has 1 aliphatic heterocycles. The number of nitrogens with one attached hydrogen (secondary N) is 1. The number of ether oxygens (including phenoxy) is 1. The summed E-state index contributed by atoms with van der Waals surface area (Å²) in [4.78, 5) is 14.0. The van der Waals surface area contributed by atoms with Crippen molar-refractivity contribution >= 4 is 21.6 Å². The molecule has 1 saturated heterocycles. The lowest BCUT2D eigenvalue weighted by molar-refractivity contribution is -0.131. The molecule has 0 bridgehead atoms. The van der Waals surface area contributed by atoms with Crippen LogP contribution in [0.5, 0.6) is 5.75 Å². The molecular weight excluding hydrogens is 354 g/mol. The number of amides is 1. The van der Waals surface area contributed by atoms with E-state index in [0.29, 0.717) is 30.9 Å². The maximum absolute atomic E-state index is 12.4. The fraction of sp³-hybridized carbons (Fsp3) is 0.611. The largest absolute Gasteiger partial charge is 0.491 e. The molecule has 0 spiro atoms. The van der Waals surface area contributed by atoms with Gasteiger partial charge in [-0.15, -0.1) is 0 Å². The molecule has 0 aliphatic carbocycles. The molecule has 0 saturated carbocycles. The minimum absolute atomic E-state index is 0.00727. The first-order valence-corrected chi connectivity index (χ1v) is 10.4. The van der Waals surface area contributed by atoms with Crippen LogP contribution in [-0.4, -0.2) is 50.2 Å². The zero-order valence-corrected chi connectivity index (χ0v) is 16.7. The number of rotatable bonds is 6. The summed E-state index contributed by atoms with van der Waals surface area (Å²) < 4.78 is 32.6. The minimum atomic E-state index is -3.78. The fourth-order valence-electron chi connectivity index (χ4n) is 2.93. The van der Waals surface area contributed by atoms with E-state index in [9.17, 15) is 13.2 Å². The number of nitrogens with zero attached hydrogens (tertiary/aromatic N) is 1. The third-order valence-corrected chi connectivity index (χ3v) is 5.65. The summed E-state index contributed by atoms with van der Waals surface area (Å²) >= 11 is 0.